The van der Waals surface area contributed by atoms with Crippen LogP contribution in [0.5, 0.6) is 0 Å². The molecule has 0 aromatic rings. The van der Waals surface area contributed by atoms with E-state index in [1.54, 1.807) is 0 Å². The summed E-state index contributed by atoms with van der Waals surface area (Å²) in [4.78, 5) is -0.792. The number of rotatable bonds is 1. The summed E-state index contributed by atoms with van der Waals surface area (Å²) >= 11 is 4.71. The first-order valence-corrected chi connectivity index (χ1v) is 13.8. The Morgan fingerprint density at radius 1 is 0.806 bits per heavy atom. The van der Waals surface area contributed by atoms with Crippen LogP contribution in [0, 0.1) is 56.7 Å². The van der Waals surface area contributed by atoms with Gasteiger partial charge in [-0.25, -0.2) is 0 Å². The predicted octanol–water partition coefficient (Wildman–Crippen LogP) is 6.70. The van der Waals surface area contributed by atoms with E-state index in [9.17, 15) is 10.2 Å². The molecule has 0 aliphatic heterocycles. The summed E-state index contributed by atoms with van der Waals surface area (Å²) in [6.07, 6.45) is 12.2. The monoisotopic (exact) mass is 448 g/mol. The molecule has 178 valence electrons. The number of fused-ring (bicyclic) bond motifs is 7. The van der Waals surface area contributed by atoms with Gasteiger partial charge in [0.05, 0.1) is 0 Å². The van der Waals surface area contributed by atoms with Crippen molar-refractivity contribution in [3.05, 3.63) is 0 Å². The second-order valence-corrected chi connectivity index (χ2v) is 15.3. The normalized spacial score (nSPS) is 60.5. The van der Waals surface area contributed by atoms with E-state index in [2.05, 4.69) is 41.5 Å². The van der Waals surface area contributed by atoms with E-state index in [4.69, 9.17) is 12.6 Å². The van der Waals surface area contributed by atoms with Gasteiger partial charge in [-0.05, 0) is 121 Å². The average molecular weight is 449 g/mol. The smallest absolute Gasteiger partial charge is 0.110 e. The van der Waals surface area contributed by atoms with Gasteiger partial charge in [0.2, 0.25) is 0 Å². The maximum atomic E-state index is 10.9. The molecule has 2 N–H and O–H groups in total. The number of thiol groups is 1. The zero-order chi connectivity index (χ0) is 22.7. The SMILES string of the molecule is CC1C2CCC3(C)C(CCC4C5CC(C)(C)CC5(CO)CC[C@]43C)C2(C)CCC1(O)S. The topological polar surface area (TPSA) is 40.5 Å². The Morgan fingerprint density at radius 3 is 2.19 bits per heavy atom. The average Bonchev–Trinajstić information content (AvgIpc) is 2.97. The summed E-state index contributed by atoms with van der Waals surface area (Å²) < 4.78 is 0. The van der Waals surface area contributed by atoms with Gasteiger partial charge in [0.15, 0.2) is 0 Å². The number of aliphatic hydroxyl groups excluding tert-OH is 1. The molecule has 0 radical (unpaired) electrons. The van der Waals surface area contributed by atoms with Gasteiger partial charge in [-0.15, -0.1) is 12.6 Å². The van der Waals surface area contributed by atoms with E-state index in [1.807, 2.05) is 0 Å². The Bertz CT molecular complexity index is 747. The van der Waals surface area contributed by atoms with Crippen LogP contribution in [0.2, 0.25) is 0 Å². The molecule has 5 aliphatic rings. The Morgan fingerprint density at radius 2 is 1.52 bits per heavy atom. The molecule has 2 nitrogen and oxygen atoms in total. The number of aliphatic hydroxyl groups is 2. The molecule has 5 aliphatic carbocycles. The standard InChI is InChI=1S/C28H48O2S/c1-18-19-9-10-26(6)22(24(19,4)11-14-28(18,30)31)8-7-20-21-15-23(2,3)16-27(21,17-29)13-12-25(20,26)5/h18-22,29-31H,7-17H2,1-6H3/t18?,19?,20?,21?,22?,24?,25-,26?,27?,28?/m1/s1. The highest BCUT2D eigenvalue weighted by Gasteiger charge is 2.70. The molecular weight excluding hydrogens is 400 g/mol. The molecule has 0 heterocycles. The van der Waals surface area contributed by atoms with Crippen LogP contribution in [-0.2, 0) is 0 Å². The number of hydrogen-bond acceptors (Lipinski definition) is 3. The van der Waals surface area contributed by atoms with Crippen molar-refractivity contribution >= 4 is 12.6 Å². The first-order chi connectivity index (χ1) is 14.2. The molecule has 0 saturated heterocycles. The second-order valence-electron chi connectivity index (χ2n) is 14.6. The summed E-state index contributed by atoms with van der Waals surface area (Å²) in [6, 6.07) is 0. The van der Waals surface area contributed by atoms with Gasteiger partial charge >= 0.3 is 0 Å². The van der Waals surface area contributed by atoms with Gasteiger partial charge in [-0.2, -0.15) is 0 Å². The van der Waals surface area contributed by atoms with Crippen LogP contribution in [0.3, 0.4) is 0 Å². The van der Waals surface area contributed by atoms with Gasteiger partial charge in [0.25, 0.3) is 0 Å². The lowest BCUT2D eigenvalue weighted by Crippen LogP contribution is -2.65. The van der Waals surface area contributed by atoms with Crippen LogP contribution in [0.1, 0.15) is 106 Å². The van der Waals surface area contributed by atoms with E-state index < -0.39 is 4.93 Å². The Hall–Kier alpha value is 0.270. The van der Waals surface area contributed by atoms with Crippen molar-refractivity contribution in [2.75, 3.05) is 6.61 Å². The van der Waals surface area contributed by atoms with Gasteiger partial charge in [-0.3, -0.25) is 0 Å². The van der Waals surface area contributed by atoms with Crippen molar-refractivity contribution in [1.29, 1.82) is 0 Å². The quantitative estimate of drug-likeness (QED) is 0.308. The minimum atomic E-state index is -0.792. The summed E-state index contributed by atoms with van der Waals surface area (Å²) in [6.45, 7) is 15.5. The highest BCUT2D eigenvalue weighted by atomic mass is 32.1. The molecule has 31 heavy (non-hydrogen) atoms. The van der Waals surface area contributed by atoms with Crippen molar-refractivity contribution in [2.24, 2.45) is 56.7 Å². The van der Waals surface area contributed by atoms with Gasteiger partial charge in [-0.1, -0.05) is 41.5 Å². The molecule has 0 amide bonds. The second kappa shape index (κ2) is 6.69. The maximum absolute atomic E-state index is 10.9. The lowest BCUT2D eigenvalue weighted by atomic mass is 9.33. The third kappa shape index (κ3) is 2.84. The van der Waals surface area contributed by atoms with Crippen molar-refractivity contribution < 1.29 is 10.2 Å². The largest absolute Gasteiger partial charge is 0.396 e. The lowest BCUT2D eigenvalue weighted by Gasteiger charge is -2.72. The van der Waals surface area contributed by atoms with Crippen LogP contribution < -0.4 is 0 Å². The van der Waals surface area contributed by atoms with Gasteiger partial charge in [0, 0.05) is 6.61 Å². The van der Waals surface area contributed by atoms with E-state index in [0.29, 0.717) is 40.1 Å². The van der Waals surface area contributed by atoms with E-state index >= 15 is 0 Å². The number of hydrogen-bond donors (Lipinski definition) is 3. The van der Waals surface area contributed by atoms with Gasteiger partial charge in [0.1, 0.15) is 4.93 Å². The Balaban J connectivity index is 1.51. The molecule has 5 rings (SSSR count). The molecule has 5 saturated carbocycles. The highest BCUT2D eigenvalue weighted by Crippen LogP contribution is 2.77. The van der Waals surface area contributed by atoms with Crippen molar-refractivity contribution in [3.63, 3.8) is 0 Å². The molecule has 0 bridgehead atoms. The first-order valence-electron chi connectivity index (χ1n) is 13.3. The van der Waals surface area contributed by atoms with E-state index in [0.717, 1.165) is 24.7 Å². The molecule has 9 unspecified atom stereocenters. The van der Waals surface area contributed by atoms with Crippen LogP contribution in [0.4, 0.5) is 0 Å². The fourth-order valence-electron chi connectivity index (χ4n) is 11.2. The zero-order valence-corrected chi connectivity index (χ0v) is 21.9. The summed E-state index contributed by atoms with van der Waals surface area (Å²) in [7, 11) is 0. The maximum Gasteiger partial charge on any atom is 0.110 e. The molecule has 5 fully saturated rings. The van der Waals surface area contributed by atoms with E-state index in [-0.39, 0.29) is 11.3 Å². The Kier molecular flexibility index (Phi) is 4.97. The van der Waals surface area contributed by atoms with Crippen molar-refractivity contribution in [3.8, 4) is 0 Å². The molecule has 0 spiro atoms. The summed E-state index contributed by atoms with van der Waals surface area (Å²) in [5.74, 6) is 3.07. The lowest BCUT2D eigenvalue weighted by molar-refractivity contribution is -0.237. The van der Waals surface area contributed by atoms with Crippen molar-refractivity contribution in [2.45, 2.75) is 111 Å². The third-order valence-corrected chi connectivity index (χ3v) is 13.6. The molecular formula is C28H48O2S. The van der Waals surface area contributed by atoms with Crippen molar-refractivity contribution in [1.82, 2.24) is 0 Å². The van der Waals surface area contributed by atoms with Crippen LogP contribution in [-0.4, -0.2) is 21.8 Å². The molecule has 3 heteroatoms. The predicted molar refractivity (Wildman–Crippen MR) is 131 cm³/mol. The molecule has 0 aromatic carbocycles. The van der Waals surface area contributed by atoms with Crippen LogP contribution >= 0.6 is 12.6 Å². The van der Waals surface area contributed by atoms with Gasteiger partial charge < -0.3 is 10.2 Å². The molecule has 0 aromatic heterocycles. The first kappa shape index (κ1) is 23.0. The zero-order valence-electron chi connectivity index (χ0n) is 21.0. The molecule has 10 atom stereocenters. The highest BCUT2D eigenvalue weighted by molar-refractivity contribution is 7.81. The minimum absolute atomic E-state index is 0.180. The van der Waals surface area contributed by atoms with Crippen LogP contribution in [0.15, 0.2) is 0 Å². The summed E-state index contributed by atoms with van der Waals surface area (Å²) in [5, 5.41) is 21.5. The fraction of sp³-hybridized carbons (Fsp3) is 1.00. The fourth-order valence-corrected chi connectivity index (χ4v) is 11.5. The Labute approximate surface area is 196 Å². The third-order valence-electron chi connectivity index (χ3n) is 13.0. The van der Waals surface area contributed by atoms with E-state index in [1.165, 1.54) is 51.4 Å². The van der Waals surface area contributed by atoms with Crippen LogP contribution in [0.25, 0.3) is 0 Å². The summed E-state index contributed by atoms with van der Waals surface area (Å²) in [5.41, 5.74) is 1.64. The minimum Gasteiger partial charge on any atom is -0.396 e.